The van der Waals surface area contributed by atoms with Gasteiger partial charge in [0, 0.05) is 5.56 Å². The summed E-state index contributed by atoms with van der Waals surface area (Å²) in [5, 5.41) is 7.68. The Morgan fingerprint density at radius 2 is 2.00 bits per heavy atom. The van der Waals surface area contributed by atoms with Crippen LogP contribution >= 0.6 is 11.6 Å². The lowest BCUT2D eigenvalue weighted by atomic mass is 10.2. The maximum atomic E-state index is 5.58. The number of ether oxygens (including phenoxy) is 1. The predicted octanol–water partition coefficient (Wildman–Crippen LogP) is 2.87. The topological polar surface area (TPSA) is 48.2 Å². The minimum atomic E-state index is 0.226. The summed E-state index contributed by atoms with van der Waals surface area (Å²) in [6.45, 7) is 2.59. The molecule has 0 amide bonds. The van der Waals surface area contributed by atoms with Gasteiger partial charge in [0.15, 0.2) is 0 Å². The van der Waals surface area contributed by atoms with Crippen LogP contribution in [0.2, 0.25) is 0 Å². The van der Waals surface area contributed by atoms with Crippen LogP contribution in [0.1, 0.15) is 12.8 Å². The third-order valence-corrected chi connectivity index (χ3v) is 2.22. The van der Waals surface area contributed by atoms with E-state index in [0.717, 1.165) is 11.3 Å². The Hall–Kier alpha value is -1.55. The number of benzene rings is 1. The number of aromatic nitrogens is 2. The van der Waals surface area contributed by atoms with Crippen molar-refractivity contribution in [2.24, 2.45) is 0 Å². The van der Waals surface area contributed by atoms with Gasteiger partial charge < -0.3 is 9.15 Å². The van der Waals surface area contributed by atoms with Crippen molar-refractivity contribution in [1.29, 1.82) is 0 Å². The highest BCUT2D eigenvalue weighted by atomic mass is 35.5. The second-order valence-electron chi connectivity index (χ2n) is 3.09. The summed E-state index contributed by atoms with van der Waals surface area (Å²) < 4.78 is 10.7. The molecule has 1 aromatic heterocycles. The van der Waals surface area contributed by atoms with Crippen LogP contribution in [0.15, 0.2) is 28.7 Å². The van der Waals surface area contributed by atoms with E-state index in [1.165, 1.54) is 0 Å². The van der Waals surface area contributed by atoms with E-state index in [4.69, 9.17) is 20.8 Å². The van der Waals surface area contributed by atoms with Crippen molar-refractivity contribution in [1.82, 2.24) is 10.2 Å². The highest BCUT2D eigenvalue weighted by Gasteiger charge is 2.07. The fraction of sp³-hybridized carbons (Fsp3) is 0.273. The minimum Gasteiger partial charge on any atom is -0.494 e. The molecule has 0 saturated carbocycles. The molecule has 84 valence electrons. The van der Waals surface area contributed by atoms with Crippen molar-refractivity contribution in [2.75, 3.05) is 6.61 Å². The van der Waals surface area contributed by atoms with Gasteiger partial charge in [-0.2, -0.15) is 0 Å². The van der Waals surface area contributed by atoms with Crippen LogP contribution in [0.25, 0.3) is 11.5 Å². The summed E-state index contributed by atoms with van der Waals surface area (Å²) in [5.41, 5.74) is 0.854. The average Bonchev–Trinajstić information content (AvgIpc) is 2.79. The summed E-state index contributed by atoms with van der Waals surface area (Å²) in [4.78, 5) is 0. The Bertz CT molecular complexity index is 453. The SMILES string of the molecule is CCOc1ccc(-c2nnc(CCl)o2)cc1. The molecule has 0 aliphatic carbocycles. The quantitative estimate of drug-likeness (QED) is 0.769. The third kappa shape index (κ3) is 2.33. The van der Waals surface area contributed by atoms with Crippen LogP contribution in [-0.2, 0) is 5.88 Å². The Balaban J connectivity index is 2.20. The lowest BCUT2D eigenvalue weighted by Crippen LogP contribution is -1.90. The summed E-state index contributed by atoms with van der Waals surface area (Å²) in [5.74, 6) is 1.94. The molecule has 0 N–H and O–H groups in total. The number of hydrogen-bond donors (Lipinski definition) is 0. The number of alkyl halides is 1. The molecule has 0 aliphatic rings. The van der Waals surface area contributed by atoms with Gasteiger partial charge in [0.1, 0.15) is 11.6 Å². The number of rotatable bonds is 4. The largest absolute Gasteiger partial charge is 0.494 e. The van der Waals surface area contributed by atoms with Gasteiger partial charge in [-0.3, -0.25) is 0 Å². The summed E-state index contributed by atoms with van der Waals surface area (Å²) in [6, 6.07) is 7.47. The first-order valence-electron chi connectivity index (χ1n) is 4.95. The lowest BCUT2D eigenvalue weighted by Gasteiger charge is -2.02. The van der Waals surface area contributed by atoms with Gasteiger partial charge in [-0.05, 0) is 31.2 Å². The highest BCUT2D eigenvalue weighted by Crippen LogP contribution is 2.21. The van der Waals surface area contributed by atoms with Crippen LogP contribution < -0.4 is 4.74 Å². The maximum absolute atomic E-state index is 5.58. The molecular formula is C11H11ClN2O2. The molecule has 2 aromatic rings. The first-order chi connectivity index (χ1) is 7.83. The van der Waals surface area contributed by atoms with Gasteiger partial charge in [0.2, 0.25) is 11.8 Å². The molecule has 0 spiro atoms. The van der Waals surface area contributed by atoms with Crippen LogP contribution in [-0.4, -0.2) is 16.8 Å². The third-order valence-electron chi connectivity index (χ3n) is 1.99. The first-order valence-corrected chi connectivity index (χ1v) is 5.48. The normalized spacial score (nSPS) is 10.4. The molecule has 0 atom stereocenters. The Morgan fingerprint density at radius 3 is 2.56 bits per heavy atom. The summed E-state index contributed by atoms with van der Waals surface area (Å²) >= 11 is 5.58. The molecule has 1 heterocycles. The number of halogens is 1. The Kier molecular flexibility index (Phi) is 3.41. The second-order valence-corrected chi connectivity index (χ2v) is 3.36. The van der Waals surface area contributed by atoms with E-state index in [-0.39, 0.29) is 5.88 Å². The van der Waals surface area contributed by atoms with Crippen molar-refractivity contribution in [3.05, 3.63) is 30.2 Å². The Labute approximate surface area is 98.2 Å². The van der Waals surface area contributed by atoms with Gasteiger partial charge in [-0.25, -0.2) is 0 Å². The van der Waals surface area contributed by atoms with Gasteiger partial charge in [-0.15, -0.1) is 21.8 Å². The molecule has 0 unspecified atom stereocenters. The van der Waals surface area contributed by atoms with Crippen LogP contribution in [0.4, 0.5) is 0 Å². The molecule has 0 aliphatic heterocycles. The fourth-order valence-corrected chi connectivity index (χ4v) is 1.39. The zero-order chi connectivity index (χ0) is 11.4. The molecule has 16 heavy (non-hydrogen) atoms. The van der Waals surface area contributed by atoms with Crippen molar-refractivity contribution in [3.8, 4) is 17.2 Å². The predicted molar refractivity (Wildman–Crippen MR) is 60.5 cm³/mol. The van der Waals surface area contributed by atoms with Crippen LogP contribution in [0.5, 0.6) is 5.75 Å². The molecule has 0 fully saturated rings. The van der Waals surface area contributed by atoms with Gasteiger partial charge in [0.25, 0.3) is 0 Å². The van der Waals surface area contributed by atoms with E-state index in [1.807, 2.05) is 31.2 Å². The molecule has 5 heteroatoms. The molecule has 0 bridgehead atoms. The minimum absolute atomic E-state index is 0.226. The number of hydrogen-bond acceptors (Lipinski definition) is 4. The number of nitrogens with zero attached hydrogens (tertiary/aromatic N) is 2. The highest BCUT2D eigenvalue weighted by molar-refractivity contribution is 6.16. The van der Waals surface area contributed by atoms with Gasteiger partial charge in [0.05, 0.1) is 6.61 Å². The van der Waals surface area contributed by atoms with Crippen molar-refractivity contribution < 1.29 is 9.15 Å². The maximum Gasteiger partial charge on any atom is 0.247 e. The van der Waals surface area contributed by atoms with E-state index in [2.05, 4.69) is 10.2 Å². The molecular weight excluding hydrogens is 228 g/mol. The van der Waals surface area contributed by atoms with Crippen LogP contribution in [0.3, 0.4) is 0 Å². The van der Waals surface area contributed by atoms with Crippen molar-refractivity contribution in [3.63, 3.8) is 0 Å². The van der Waals surface area contributed by atoms with E-state index in [9.17, 15) is 0 Å². The van der Waals surface area contributed by atoms with E-state index >= 15 is 0 Å². The monoisotopic (exact) mass is 238 g/mol. The van der Waals surface area contributed by atoms with Gasteiger partial charge in [-0.1, -0.05) is 0 Å². The zero-order valence-electron chi connectivity index (χ0n) is 8.81. The van der Waals surface area contributed by atoms with Crippen molar-refractivity contribution in [2.45, 2.75) is 12.8 Å². The smallest absolute Gasteiger partial charge is 0.247 e. The standard InChI is InChI=1S/C11H11ClN2O2/c1-2-15-9-5-3-8(4-6-9)11-14-13-10(7-12)16-11/h3-6H,2,7H2,1H3. The van der Waals surface area contributed by atoms with Gasteiger partial charge >= 0.3 is 0 Å². The molecule has 2 rings (SSSR count). The second kappa shape index (κ2) is 4.99. The van der Waals surface area contributed by atoms with E-state index < -0.39 is 0 Å². The van der Waals surface area contributed by atoms with Crippen molar-refractivity contribution >= 4 is 11.6 Å². The summed E-state index contributed by atoms with van der Waals surface area (Å²) in [7, 11) is 0. The first kappa shape index (κ1) is 11.0. The molecule has 4 nitrogen and oxygen atoms in total. The fourth-order valence-electron chi connectivity index (χ4n) is 1.28. The zero-order valence-corrected chi connectivity index (χ0v) is 9.57. The Morgan fingerprint density at radius 1 is 1.25 bits per heavy atom. The molecule has 0 saturated heterocycles. The van der Waals surface area contributed by atoms with E-state index in [1.54, 1.807) is 0 Å². The summed E-state index contributed by atoms with van der Waals surface area (Å²) in [6.07, 6.45) is 0. The lowest BCUT2D eigenvalue weighted by molar-refractivity contribution is 0.340. The van der Waals surface area contributed by atoms with E-state index in [0.29, 0.717) is 18.4 Å². The molecule has 0 radical (unpaired) electrons. The molecule has 1 aromatic carbocycles. The van der Waals surface area contributed by atoms with Crippen LogP contribution in [0, 0.1) is 0 Å². The average molecular weight is 239 g/mol.